The summed E-state index contributed by atoms with van der Waals surface area (Å²) in [5.41, 5.74) is 3.21. The predicted molar refractivity (Wildman–Crippen MR) is 113 cm³/mol. The zero-order chi connectivity index (χ0) is 22.1. The average Bonchev–Trinajstić information content (AvgIpc) is 2.71. The highest BCUT2D eigenvalue weighted by Gasteiger charge is 2.12. The van der Waals surface area contributed by atoms with Crippen molar-refractivity contribution in [1.29, 1.82) is 0 Å². The molecule has 0 saturated carbocycles. The third kappa shape index (κ3) is 6.53. The molecule has 10 heteroatoms. The number of methoxy groups -OCH3 is 1. The first-order valence-corrected chi connectivity index (χ1v) is 9.59. The molecule has 2 rings (SSSR count). The SMILES string of the molecule is CCCOc1ccc(C(=O)N/N=C/c2cc(Cl)c(OCC(=O)O)c(Cl)c2)cc1OC. The maximum absolute atomic E-state index is 12.3. The van der Waals surface area contributed by atoms with Crippen LogP contribution >= 0.6 is 23.2 Å². The van der Waals surface area contributed by atoms with E-state index in [-0.39, 0.29) is 15.8 Å². The second-order valence-electron chi connectivity index (χ2n) is 5.91. The van der Waals surface area contributed by atoms with Crippen molar-refractivity contribution in [3.05, 3.63) is 51.5 Å². The van der Waals surface area contributed by atoms with E-state index in [2.05, 4.69) is 10.5 Å². The summed E-state index contributed by atoms with van der Waals surface area (Å²) in [4.78, 5) is 22.9. The van der Waals surface area contributed by atoms with Crippen LogP contribution in [0.25, 0.3) is 0 Å². The van der Waals surface area contributed by atoms with Crippen LogP contribution in [0.15, 0.2) is 35.4 Å². The molecule has 0 saturated heterocycles. The molecule has 0 aliphatic rings. The van der Waals surface area contributed by atoms with Crippen LogP contribution in [0.4, 0.5) is 0 Å². The number of carboxylic acids is 1. The fourth-order valence-corrected chi connectivity index (χ4v) is 2.91. The highest BCUT2D eigenvalue weighted by molar-refractivity contribution is 6.37. The molecule has 8 nitrogen and oxygen atoms in total. The predicted octanol–water partition coefficient (Wildman–Crippen LogP) is 4.02. The molecular formula is C20H20Cl2N2O6. The minimum absolute atomic E-state index is 0.0550. The van der Waals surface area contributed by atoms with Crippen LogP contribution in [0.3, 0.4) is 0 Å². The van der Waals surface area contributed by atoms with Crippen LogP contribution in [-0.2, 0) is 4.79 Å². The number of hydrogen-bond donors (Lipinski definition) is 2. The first-order valence-electron chi connectivity index (χ1n) is 8.83. The number of hydrazone groups is 1. The zero-order valence-electron chi connectivity index (χ0n) is 16.3. The van der Waals surface area contributed by atoms with Crippen LogP contribution in [0.2, 0.25) is 10.0 Å². The van der Waals surface area contributed by atoms with Crippen LogP contribution in [0.5, 0.6) is 17.2 Å². The number of benzene rings is 2. The van der Waals surface area contributed by atoms with Gasteiger partial charge in [0.25, 0.3) is 5.91 Å². The number of ether oxygens (including phenoxy) is 3. The van der Waals surface area contributed by atoms with Gasteiger partial charge in [-0.05, 0) is 42.3 Å². The van der Waals surface area contributed by atoms with Gasteiger partial charge in [0.05, 0.1) is 30.0 Å². The Hall–Kier alpha value is -2.97. The van der Waals surface area contributed by atoms with Crippen LogP contribution in [0.1, 0.15) is 29.3 Å². The number of halogens is 2. The third-order valence-electron chi connectivity index (χ3n) is 3.63. The van der Waals surface area contributed by atoms with Gasteiger partial charge in [0.2, 0.25) is 0 Å². The fraction of sp³-hybridized carbons (Fsp3) is 0.250. The highest BCUT2D eigenvalue weighted by Crippen LogP contribution is 2.33. The van der Waals surface area contributed by atoms with E-state index in [1.807, 2.05) is 6.92 Å². The average molecular weight is 455 g/mol. The first kappa shape index (κ1) is 23.3. The number of hydrogen-bond acceptors (Lipinski definition) is 6. The second kappa shape index (κ2) is 11.3. The molecule has 0 unspecified atom stereocenters. The number of carbonyl (C=O) groups is 2. The maximum Gasteiger partial charge on any atom is 0.341 e. The summed E-state index contributed by atoms with van der Waals surface area (Å²) in [7, 11) is 1.49. The summed E-state index contributed by atoms with van der Waals surface area (Å²) in [6.45, 7) is 1.95. The molecule has 1 amide bonds. The van der Waals surface area contributed by atoms with Gasteiger partial charge in [-0.25, -0.2) is 10.2 Å². The largest absolute Gasteiger partial charge is 0.493 e. The van der Waals surface area contributed by atoms with Crippen molar-refractivity contribution >= 4 is 41.3 Å². The lowest BCUT2D eigenvalue weighted by Gasteiger charge is -2.11. The Kier molecular flexibility index (Phi) is 8.76. The number of aliphatic carboxylic acids is 1. The summed E-state index contributed by atoms with van der Waals surface area (Å²) in [5, 5.41) is 12.8. The maximum atomic E-state index is 12.3. The Morgan fingerprint density at radius 1 is 1.13 bits per heavy atom. The van der Waals surface area contributed by atoms with Gasteiger partial charge in [-0.3, -0.25) is 4.79 Å². The number of rotatable bonds is 10. The van der Waals surface area contributed by atoms with E-state index in [9.17, 15) is 9.59 Å². The Morgan fingerprint density at radius 2 is 1.83 bits per heavy atom. The molecule has 2 aromatic rings. The van der Waals surface area contributed by atoms with Gasteiger partial charge in [0.15, 0.2) is 23.9 Å². The minimum atomic E-state index is -1.16. The molecule has 0 atom stereocenters. The van der Waals surface area contributed by atoms with Crippen molar-refractivity contribution in [2.75, 3.05) is 20.3 Å². The van der Waals surface area contributed by atoms with Gasteiger partial charge < -0.3 is 19.3 Å². The third-order valence-corrected chi connectivity index (χ3v) is 4.19. The molecule has 0 aromatic heterocycles. The summed E-state index contributed by atoms with van der Waals surface area (Å²) in [6, 6.07) is 7.76. The monoisotopic (exact) mass is 454 g/mol. The first-order chi connectivity index (χ1) is 14.3. The van der Waals surface area contributed by atoms with Gasteiger partial charge in [-0.2, -0.15) is 5.10 Å². The van der Waals surface area contributed by atoms with E-state index in [0.717, 1.165) is 6.42 Å². The molecule has 0 radical (unpaired) electrons. The molecule has 30 heavy (non-hydrogen) atoms. The van der Waals surface area contributed by atoms with Crippen molar-refractivity contribution in [3.63, 3.8) is 0 Å². The van der Waals surface area contributed by atoms with Gasteiger partial charge in [0.1, 0.15) is 0 Å². The van der Waals surface area contributed by atoms with E-state index >= 15 is 0 Å². The molecule has 0 heterocycles. The molecule has 0 spiro atoms. The zero-order valence-corrected chi connectivity index (χ0v) is 17.8. The van der Waals surface area contributed by atoms with Crippen molar-refractivity contribution < 1.29 is 28.9 Å². The molecular weight excluding hydrogens is 435 g/mol. The Balaban J connectivity index is 2.06. The quantitative estimate of drug-likeness (QED) is 0.414. The molecule has 0 aliphatic carbocycles. The molecule has 2 N–H and O–H groups in total. The smallest absolute Gasteiger partial charge is 0.341 e. The molecule has 160 valence electrons. The lowest BCUT2D eigenvalue weighted by Crippen LogP contribution is -2.17. The molecule has 0 aliphatic heterocycles. The van der Waals surface area contributed by atoms with E-state index in [0.29, 0.717) is 29.2 Å². The van der Waals surface area contributed by atoms with E-state index in [4.69, 9.17) is 42.5 Å². The summed E-state index contributed by atoms with van der Waals surface area (Å²) in [5.74, 6) is -0.564. The molecule has 2 aromatic carbocycles. The standard InChI is InChI=1S/C20H20Cl2N2O6/c1-3-6-29-16-5-4-13(9-17(16)28-2)20(27)24-23-10-12-7-14(21)19(15(22)8-12)30-11-18(25)26/h4-5,7-10H,3,6,11H2,1-2H3,(H,24,27)(H,25,26)/b23-10+. The summed E-state index contributed by atoms with van der Waals surface area (Å²) in [6.07, 6.45) is 2.19. The van der Waals surface area contributed by atoms with E-state index in [1.54, 1.807) is 18.2 Å². The molecule has 0 fully saturated rings. The number of nitrogens with zero attached hydrogens (tertiary/aromatic N) is 1. The lowest BCUT2D eigenvalue weighted by molar-refractivity contribution is -0.139. The number of amides is 1. The van der Waals surface area contributed by atoms with E-state index in [1.165, 1.54) is 25.5 Å². The van der Waals surface area contributed by atoms with Gasteiger partial charge in [-0.15, -0.1) is 0 Å². The number of carbonyl (C=O) groups excluding carboxylic acids is 1. The Morgan fingerprint density at radius 3 is 2.43 bits per heavy atom. The van der Waals surface area contributed by atoms with Gasteiger partial charge >= 0.3 is 5.97 Å². The normalized spacial score (nSPS) is 10.7. The lowest BCUT2D eigenvalue weighted by atomic mass is 10.2. The van der Waals surface area contributed by atoms with Crippen molar-refractivity contribution in [1.82, 2.24) is 5.43 Å². The summed E-state index contributed by atoms with van der Waals surface area (Å²) < 4.78 is 15.9. The van der Waals surface area contributed by atoms with Crippen LogP contribution in [0, 0.1) is 0 Å². The minimum Gasteiger partial charge on any atom is -0.493 e. The number of carboxylic acid groups (broad SMARTS) is 1. The highest BCUT2D eigenvalue weighted by atomic mass is 35.5. The van der Waals surface area contributed by atoms with Gasteiger partial charge in [0, 0.05) is 5.56 Å². The van der Waals surface area contributed by atoms with Crippen molar-refractivity contribution in [2.24, 2.45) is 5.10 Å². The van der Waals surface area contributed by atoms with Gasteiger partial charge in [-0.1, -0.05) is 30.1 Å². The number of nitrogens with one attached hydrogen (secondary N) is 1. The van der Waals surface area contributed by atoms with Crippen LogP contribution in [-0.4, -0.2) is 43.5 Å². The van der Waals surface area contributed by atoms with Crippen LogP contribution < -0.4 is 19.6 Å². The second-order valence-corrected chi connectivity index (χ2v) is 6.72. The van der Waals surface area contributed by atoms with Crippen molar-refractivity contribution in [3.8, 4) is 17.2 Å². The molecule has 0 bridgehead atoms. The Labute approximate surface area is 183 Å². The summed E-state index contributed by atoms with van der Waals surface area (Å²) >= 11 is 12.1. The fourth-order valence-electron chi connectivity index (χ4n) is 2.30. The topological polar surface area (TPSA) is 106 Å². The Bertz CT molecular complexity index is 926. The van der Waals surface area contributed by atoms with E-state index < -0.39 is 18.5 Å². The van der Waals surface area contributed by atoms with Crippen molar-refractivity contribution in [2.45, 2.75) is 13.3 Å².